The van der Waals surface area contributed by atoms with Crippen LogP contribution in [0.3, 0.4) is 0 Å². The Kier molecular flexibility index (Phi) is 5.06. The highest BCUT2D eigenvalue weighted by Crippen LogP contribution is 2.41. The summed E-state index contributed by atoms with van der Waals surface area (Å²) in [6.45, 7) is 0. The lowest BCUT2D eigenvalue weighted by Crippen LogP contribution is -2.22. The summed E-state index contributed by atoms with van der Waals surface area (Å²) < 4.78 is 71.9. The van der Waals surface area contributed by atoms with Gasteiger partial charge in [0.25, 0.3) is 20.2 Å². The maximum atomic E-state index is 13.4. The minimum absolute atomic E-state index is 0.0428. The lowest BCUT2D eigenvalue weighted by molar-refractivity contribution is 0.0391. The number of esters is 2. The normalized spacial score (nSPS) is 14.7. The van der Waals surface area contributed by atoms with Crippen molar-refractivity contribution < 1.29 is 49.9 Å². The molecule has 6 rings (SSSR count). The van der Waals surface area contributed by atoms with E-state index in [-0.39, 0.29) is 55.3 Å². The highest BCUT2D eigenvalue weighted by molar-refractivity contribution is 7.86. The summed E-state index contributed by atoms with van der Waals surface area (Å²) in [4.78, 5) is 50.5. The van der Waals surface area contributed by atoms with Gasteiger partial charge in [0.15, 0.2) is 11.6 Å². The third-order valence-electron chi connectivity index (χ3n) is 6.61. The molecule has 0 saturated heterocycles. The van der Waals surface area contributed by atoms with Gasteiger partial charge in [0, 0.05) is 33.0 Å². The van der Waals surface area contributed by atoms with Crippen molar-refractivity contribution in [3.05, 3.63) is 94.0 Å². The molecular weight excluding hydrogens is 552 g/mol. The van der Waals surface area contributed by atoms with Gasteiger partial charge < -0.3 is 4.74 Å². The molecule has 2 aliphatic rings. The van der Waals surface area contributed by atoms with Crippen molar-refractivity contribution in [2.45, 2.75) is 9.79 Å². The molecule has 0 bridgehead atoms. The van der Waals surface area contributed by atoms with Gasteiger partial charge in [-0.05, 0) is 53.6 Å². The standard InChI is InChI=1S/C26H12O11S2/c27-23-13-6-4-11(8-18(13)24(28)19-9-12(38(31,32)33)5-7-14(19)23)17-10-20(39(34,35)36)15-2-1-3-16-21(15)22(17)26(30)37-25(16)29/h1-10H,(H,31,32,33)(H,34,35,36). The first-order chi connectivity index (χ1) is 18.3. The first-order valence-corrected chi connectivity index (χ1v) is 13.8. The van der Waals surface area contributed by atoms with Crippen LogP contribution in [0.15, 0.2) is 70.5 Å². The fourth-order valence-corrected chi connectivity index (χ4v) is 6.14. The molecule has 11 nitrogen and oxygen atoms in total. The number of fused-ring (bicyclic) bond motifs is 2. The van der Waals surface area contributed by atoms with Crippen molar-refractivity contribution in [3.63, 3.8) is 0 Å². The smallest absolute Gasteiger partial charge is 0.347 e. The topological polar surface area (TPSA) is 186 Å². The third-order valence-corrected chi connectivity index (χ3v) is 8.35. The van der Waals surface area contributed by atoms with Gasteiger partial charge in [-0.1, -0.05) is 18.2 Å². The second-order valence-electron chi connectivity index (χ2n) is 8.78. The molecule has 0 aromatic heterocycles. The van der Waals surface area contributed by atoms with Crippen LogP contribution in [-0.2, 0) is 25.0 Å². The number of cyclic esters (lactones) is 2. The highest BCUT2D eigenvalue weighted by Gasteiger charge is 2.35. The Morgan fingerprint density at radius 3 is 1.90 bits per heavy atom. The third kappa shape index (κ3) is 3.63. The van der Waals surface area contributed by atoms with E-state index in [1.807, 2.05) is 0 Å². The molecule has 0 spiro atoms. The van der Waals surface area contributed by atoms with E-state index < -0.39 is 53.5 Å². The summed E-state index contributed by atoms with van der Waals surface area (Å²) in [6, 6.07) is 11.8. The van der Waals surface area contributed by atoms with E-state index >= 15 is 0 Å². The largest absolute Gasteiger partial charge is 0.386 e. The summed E-state index contributed by atoms with van der Waals surface area (Å²) in [7, 11) is -9.56. The molecule has 0 fully saturated rings. The van der Waals surface area contributed by atoms with Gasteiger partial charge in [0.1, 0.15) is 4.90 Å². The van der Waals surface area contributed by atoms with Crippen LogP contribution in [0.2, 0.25) is 0 Å². The van der Waals surface area contributed by atoms with E-state index in [1.165, 1.54) is 36.4 Å². The second kappa shape index (κ2) is 7.97. The molecule has 1 heterocycles. The van der Waals surface area contributed by atoms with Gasteiger partial charge >= 0.3 is 11.9 Å². The molecule has 1 aliphatic carbocycles. The Morgan fingerprint density at radius 2 is 1.23 bits per heavy atom. The number of hydrogen-bond acceptors (Lipinski definition) is 9. The molecule has 13 heteroatoms. The summed E-state index contributed by atoms with van der Waals surface area (Å²) in [5, 5.41) is -0.179. The molecule has 0 saturated carbocycles. The van der Waals surface area contributed by atoms with Gasteiger partial charge in [-0.15, -0.1) is 0 Å². The van der Waals surface area contributed by atoms with Gasteiger partial charge in [0.2, 0.25) is 0 Å². The molecule has 4 aromatic carbocycles. The van der Waals surface area contributed by atoms with E-state index in [1.54, 1.807) is 0 Å². The van der Waals surface area contributed by atoms with Crippen LogP contribution in [0.4, 0.5) is 0 Å². The molecular formula is C26H12O11S2. The zero-order valence-electron chi connectivity index (χ0n) is 19.2. The quantitative estimate of drug-likeness (QED) is 0.186. The molecule has 39 heavy (non-hydrogen) atoms. The minimum Gasteiger partial charge on any atom is -0.386 e. The number of ether oxygens (including phenoxy) is 1. The lowest BCUT2D eigenvalue weighted by Gasteiger charge is -2.22. The molecule has 194 valence electrons. The van der Waals surface area contributed by atoms with Crippen molar-refractivity contribution in [3.8, 4) is 11.1 Å². The molecule has 0 radical (unpaired) electrons. The maximum absolute atomic E-state index is 13.4. The molecule has 4 aromatic rings. The Morgan fingerprint density at radius 1 is 0.590 bits per heavy atom. The minimum atomic E-state index is -4.87. The summed E-state index contributed by atoms with van der Waals surface area (Å²) in [5.41, 5.74) is -0.974. The maximum Gasteiger partial charge on any atom is 0.347 e. The fourth-order valence-electron chi connectivity index (χ4n) is 4.91. The van der Waals surface area contributed by atoms with Crippen molar-refractivity contribution in [2.24, 2.45) is 0 Å². The lowest BCUT2D eigenvalue weighted by atomic mass is 9.82. The average molecular weight is 565 g/mol. The molecule has 0 amide bonds. The Hall–Kier alpha value is -4.56. The number of hydrogen-bond donors (Lipinski definition) is 2. The summed E-state index contributed by atoms with van der Waals surface area (Å²) >= 11 is 0. The SMILES string of the molecule is O=C1c2ccc(-c3cc(S(=O)(=O)O)c4cccc5c4c3C(=O)OC5=O)cc2C(=O)c2cc(S(=O)(=O)O)ccc21. The number of carbonyl (C=O) groups excluding carboxylic acids is 4. The van der Waals surface area contributed by atoms with Crippen LogP contribution in [0, 0.1) is 0 Å². The molecule has 1 aliphatic heterocycles. The van der Waals surface area contributed by atoms with Gasteiger partial charge in [0.05, 0.1) is 16.0 Å². The fraction of sp³-hybridized carbons (Fsp3) is 0. The molecule has 0 atom stereocenters. The van der Waals surface area contributed by atoms with Gasteiger partial charge in [-0.3, -0.25) is 18.7 Å². The van der Waals surface area contributed by atoms with Crippen LogP contribution < -0.4 is 0 Å². The first-order valence-electron chi connectivity index (χ1n) is 11.0. The monoisotopic (exact) mass is 564 g/mol. The predicted octanol–water partition coefficient (Wildman–Crippen LogP) is 3.09. The van der Waals surface area contributed by atoms with Crippen LogP contribution >= 0.6 is 0 Å². The van der Waals surface area contributed by atoms with Gasteiger partial charge in [-0.2, -0.15) is 16.8 Å². The molecule has 0 unspecified atom stereocenters. The van der Waals surface area contributed by atoms with Crippen LogP contribution in [-0.4, -0.2) is 49.4 Å². The summed E-state index contributed by atoms with van der Waals surface area (Å²) in [5.74, 6) is -3.49. The Labute approximate surface area is 219 Å². The molecule has 2 N–H and O–H groups in total. The van der Waals surface area contributed by atoms with E-state index in [2.05, 4.69) is 0 Å². The van der Waals surface area contributed by atoms with Crippen molar-refractivity contribution in [1.82, 2.24) is 0 Å². The highest BCUT2D eigenvalue weighted by atomic mass is 32.2. The van der Waals surface area contributed by atoms with Gasteiger partial charge in [-0.25, -0.2) is 9.59 Å². The van der Waals surface area contributed by atoms with E-state index in [4.69, 9.17) is 4.74 Å². The van der Waals surface area contributed by atoms with Crippen molar-refractivity contribution in [1.29, 1.82) is 0 Å². The van der Waals surface area contributed by atoms with Crippen molar-refractivity contribution in [2.75, 3.05) is 0 Å². The van der Waals surface area contributed by atoms with E-state index in [0.29, 0.717) is 0 Å². The number of rotatable bonds is 3. The van der Waals surface area contributed by atoms with E-state index in [0.717, 1.165) is 24.3 Å². The summed E-state index contributed by atoms with van der Waals surface area (Å²) in [6.07, 6.45) is 0. The van der Waals surface area contributed by atoms with Crippen LogP contribution in [0.1, 0.15) is 52.6 Å². The number of ketones is 2. The second-order valence-corrected chi connectivity index (χ2v) is 11.6. The number of carbonyl (C=O) groups is 4. The Bertz CT molecular complexity index is 2110. The zero-order chi connectivity index (χ0) is 28.0. The van der Waals surface area contributed by atoms with Crippen LogP contribution in [0.25, 0.3) is 21.9 Å². The number of benzene rings is 4. The van der Waals surface area contributed by atoms with E-state index in [9.17, 15) is 45.1 Å². The predicted molar refractivity (Wildman–Crippen MR) is 132 cm³/mol. The first kappa shape index (κ1) is 24.8. The zero-order valence-corrected chi connectivity index (χ0v) is 20.8. The van der Waals surface area contributed by atoms with Crippen LogP contribution in [0.5, 0.6) is 0 Å². The average Bonchev–Trinajstić information content (AvgIpc) is 2.88. The van der Waals surface area contributed by atoms with Crippen molar-refractivity contribution >= 4 is 54.5 Å². The Balaban J connectivity index is 1.64.